The number of anilines is 2. The van der Waals surface area contributed by atoms with Crippen LogP contribution >= 0.6 is 35.0 Å². The number of amides is 2. The number of imide groups is 1. The molecule has 0 atom stereocenters. The zero-order valence-electron chi connectivity index (χ0n) is 20.2. The average Bonchev–Trinajstić information content (AvgIpc) is 3.11. The van der Waals surface area contributed by atoms with Crippen LogP contribution < -0.4 is 10.2 Å². The molecule has 6 nitrogen and oxygen atoms in total. The molecule has 0 aromatic heterocycles. The first-order valence-corrected chi connectivity index (χ1v) is 13.2. The Balaban J connectivity index is 1.64. The summed E-state index contributed by atoms with van der Waals surface area (Å²) in [4.78, 5) is 41.4. The number of rotatable bonds is 9. The second-order valence-electron chi connectivity index (χ2n) is 8.33. The predicted octanol–water partition coefficient (Wildman–Crippen LogP) is 7.25. The van der Waals surface area contributed by atoms with Crippen molar-refractivity contribution in [1.29, 1.82) is 0 Å². The maximum Gasteiger partial charge on any atom is 0.338 e. The van der Waals surface area contributed by atoms with Crippen molar-refractivity contribution in [3.63, 3.8) is 0 Å². The van der Waals surface area contributed by atoms with Gasteiger partial charge in [0.15, 0.2) is 0 Å². The van der Waals surface area contributed by atoms with Gasteiger partial charge in [-0.1, -0.05) is 54.4 Å². The lowest BCUT2D eigenvalue weighted by Crippen LogP contribution is -2.32. The van der Waals surface area contributed by atoms with Crippen LogP contribution in [0.1, 0.15) is 35.7 Å². The van der Waals surface area contributed by atoms with Crippen LogP contribution in [0.4, 0.5) is 11.4 Å². The zero-order valence-corrected chi connectivity index (χ0v) is 22.5. The molecule has 190 valence electrons. The standard InChI is InChI=1S/C28H24Cl2N2O4S/c1-3-4-15-36-28(35)18-6-11-21(12-7-18)32-26(33)24(31-20-10-5-17(2)23(30)16-20)25(27(32)34)37-22-13-8-19(29)9-14-22/h5-14,16,31H,3-4,15H2,1-2H3. The number of nitrogens with zero attached hydrogens (tertiary/aromatic N) is 1. The molecule has 37 heavy (non-hydrogen) atoms. The third kappa shape index (κ3) is 6.18. The van der Waals surface area contributed by atoms with Gasteiger partial charge >= 0.3 is 5.97 Å². The van der Waals surface area contributed by atoms with Crippen molar-refractivity contribution in [3.8, 4) is 0 Å². The summed E-state index contributed by atoms with van der Waals surface area (Å²) >= 11 is 13.4. The van der Waals surface area contributed by atoms with E-state index in [-0.39, 0.29) is 10.6 Å². The highest BCUT2D eigenvalue weighted by Gasteiger charge is 2.40. The molecule has 4 rings (SSSR count). The van der Waals surface area contributed by atoms with E-state index in [9.17, 15) is 14.4 Å². The van der Waals surface area contributed by atoms with Gasteiger partial charge in [-0.15, -0.1) is 0 Å². The molecule has 9 heteroatoms. The number of halogens is 2. The Morgan fingerprint density at radius 3 is 2.32 bits per heavy atom. The second kappa shape index (κ2) is 11.9. The number of carbonyl (C=O) groups is 3. The summed E-state index contributed by atoms with van der Waals surface area (Å²) in [5, 5.41) is 4.19. The van der Waals surface area contributed by atoms with Gasteiger partial charge in [0, 0.05) is 20.6 Å². The Morgan fingerprint density at radius 1 is 0.973 bits per heavy atom. The molecule has 0 bridgehead atoms. The second-order valence-corrected chi connectivity index (χ2v) is 10.3. The van der Waals surface area contributed by atoms with E-state index in [1.54, 1.807) is 60.7 Å². The summed E-state index contributed by atoms with van der Waals surface area (Å²) in [6, 6.07) is 18.5. The van der Waals surface area contributed by atoms with Crippen LogP contribution in [0.2, 0.25) is 10.0 Å². The highest BCUT2D eigenvalue weighted by Crippen LogP contribution is 2.38. The van der Waals surface area contributed by atoms with E-state index in [0.717, 1.165) is 40.0 Å². The molecule has 0 saturated heterocycles. The minimum absolute atomic E-state index is 0.132. The topological polar surface area (TPSA) is 75.7 Å². The van der Waals surface area contributed by atoms with Crippen LogP contribution in [-0.2, 0) is 14.3 Å². The number of ether oxygens (including phenoxy) is 1. The number of unbranched alkanes of at least 4 members (excludes halogenated alkanes) is 1. The number of benzene rings is 3. The predicted molar refractivity (Wildman–Crippen MR) is 148 cm³/mol. The fraction of sp³-hybridized carbons (Fsp3) is 0.179. The van der Waals surface area contributed by atoms with E-state index < -0.39 is 17.8 Å². The van der Waals surface area contributed by atoms with Crippen molar-refractivity contribution in [2.24, 2.45) is 0 Å². The van der Waals surface area contributed by atoms with Gasteiger partial charge in [-0.3, -0.25) is 9.59 Å². The van der Waals surface area contributed by atoms with E-state index in [1.807, 2.05) is 19.9 Å². The van der Waals surface area contributed by atoms with Crippen LogP contribution in [0.5, 0.6) is 0 Å². The number of nitrogens with one attached hydrogen (secondary N) is 1. The minimum atomic E-state index is -0.517. The zero-order chi connectivity index (χ0) is 26.5. The van der Waals surface area contributed by atoms with Gasteiger partial charge in [0.25, 0.3) is 11.8 Å². The van der Waals surface area contributed by atoms with Crippen molar-refractivity contribution in [1.82, 2.24) is 0 Å². The van der Waals surface area contributed by atoms with Gasteiger partial charge in [-0.2, -0.15) is 0 Å². The molecule has 0 fully saturated rings. The van der Waals surface area contributed by atoms with Gasteiger partial charge in [-0.05, 0) is 79.6 Å². The SMILES string of the molecule is CCCCOC(=O)c1ccc(N2C(=O)C(Nc3ccc(C)c(Cl)c3)=C(Sc3ccc(Cl)cc3)C2=O)cc1. The molecule has 0 spiro atoms. The first-order valence-electron chi connectivity index (χ1n) is 11.7. The van der Waals surface area contributed by atoms with Crippen LogP contribution in [0.3, 0.4) is 0 Å². The Kier molecular flexibility index (Phi) is 8.59. The summed E-state index contributed by atoms with van der Waals surface area (Å²) in [5.74, 6) is -1.45. The maximum atomic E-state index is 13.5. The van der Waals surface area contributed by atoms with Crippen molar-refractivity contribution >= 4 is 64.1 Å². The quantitative estimate of drug-likeness (QED) is 0.170. The van der Waals surface area contributed by atoms with E-state index in [4.69, 9.17) is 27.9 Å². The van der Waals surface area contributed by atoms with E-state index in [0.29, 0.717) is 33.6 Å². The number of thioether (sulfide) groups is 1. The van der Waals surface area contributed by atoms with Crippen LogP contribution in [0.15, 0.2) is 82.2 Å². The van der Waals surface area contributed by atoms with Crippen molar-refractivity contribution in [2.75, 3.05) is 16.8 Å². The van der Waals surface area contributed by atoms with Gasteiger partial charge in [0.05, 0.1) is 17.9 Å². The highest BCUT2D eigenvalue weighted by molar-refractivity contribution is 8.04. The third-order valence-corrected chi connectivity index (χ3v) is 7.36. The Hall–Kier alpha value is -3.26. The lowest BCUT2D eigenvalue weighted by molar-refractivity contribution is -0.120. The van der Waals surface area contributed by atoms with Gasteiger partial charge in [0.1, 0.15) is 10.6 Å². The lowest BCUT2D eigenvalue weighted by Gasteiger charge is -2.16. The Labute approximate surface area is 229 Å². The molecule has 0 aliphatic carbocycles. The summed E-state index contributed by atoms with van der Waals surface area (Å²) in [6.07, 6.45) is 1.70. The third-order valence-electron chi connectivity index (χ3n) is 5.61. The summed E-state index contributed by atoms with van der Waals surface area (Å²) in [6.45, 7) is 4.23. The van der Waals surface area contributed by atoms with Crippen LogP contribution in [-0.4, -0.2) is 24.4 Å². The number of hydrogen-bond donors (Lipinski definition) is 1. The van der Waals surface area contributed by atoms with Crippen LogP contribution in [0.25, 0.3) is 0 Å². The highest BCUT2D eigenvalue weighted by atomic mass is 35.5. The molecule has 1 N–H and O–H groups in total. The normalized spacial score (nSPS) is 13.4. The van der Waals surface area contributed by atoms with Crippen molar-refractivity contribution < 1.29 is 19.1 Å². The summed E-state index contributed by atoms with van der Waals surface area (Å²) in [7, 11) is 0. The number of hydrogen-bond acceptors (Lipinski definition) is 6. The summed E-state index contributed by atoms with van der Waals surface area (Å²) < 4.78 is 5.24. The molecule has 0 unspecified atom stereocenters. The van der Waals surface area contributed by atoms with E-state index in [2.05, 4.69) is 5.32 Å². The molecular weight excluding hydrogens is 531 g/mol. The molecule has 3 aromatic rings. The van der Waals surface area contributed by atoms with Crippen LogP contribution in [0, 0.1) is 6.92 Å². The molecule has 1 heterocycles. The molecule has 3 aromatic carbocycles. The fourth-order valence-corrected chi connectivity index (χ4v) is 4.76. The largest absolute Gasteiger partial charge is 0.462 e. The fourth-order valence-electron chi connectivity index (χ4n) is 3.52. The van der Waals surface area contributed by atoms with Gasteiger partial charge < -0.3 is 10.1 Å². The molecule has 1 aliphatic rings. The number of carbonyl (C=O) groups excluding carboxylic acids is 3. The van der Waals surface area contributed by atoms with Crippen molar-refractivity contribution in [2.45, 2.75) is 31.6 Å². The first-order chi connectivity index (χ1) is 17.8. The molecule has 2 amide bonds. The Morgan fingerprint density at radius 2 is 1.68 bits per heavy atom. The van der Waals surface area contributed by atoms with E-state index in [1.165, 1.54) is 0 Å². The number of esters is 1. The molecule has 1 aliphatic heterocycles. The number of aryl methyl sites for hydroxylation is 1. The lowest BCUT2D eigenvalue weighted by atomic mass is 10.2. The summed E-state index contributed by atoms with van der Waals surface area (Å²) in [5.41, 5.74) is 2.28. The van der Waals surface area contributed by atoms with E-state index >= 15 is 0 Å². The molecular formula is C28H24Cl2N2O4S. The van der Waals surface area contributed by atoms with Gasteiger partial charge in [0.2, 0.25) is 0 Å². The monoisotopic (exact) mass is 554 g/mol. The first kappa shape index (κ1) is 26.8. The Bertz CT molecular complexity index is 1370. The molecule has 0 radical (unpaired) electrons. The maximum absolute atomic E-state index is 13.5. The smallest absolute Gasteiger partial charge is 0.338 e. The van der Waals surface area contributed by atoms with Crippen molar-refractivity contribution in [3.05, 3.63) is 98.5 Å². The minimum Gasteiger partial charge on any atom is -0.462 e. The molecule has 0 saturated carbocycles. The van der Waals surface area contributed by atoms with Gasteiger partial charge in [-0.25, -0.2) is 9.69 Å². The average molecular weight is 555 g/mol.